The van der Waals surface area contributed by atoms with E-state index in [0.29, 0.717) is 29.8 Å². The van der Waals surface area contributed by atoms with Crippen LogP contribution >= 0.6 is 0 Å². The fourth-order valence-corrected chi connectivity index (χ4v) is 3.65. The number of nitrogens with zero attached hydrogens (tertiary/aromatic N) is 4. The molecule has 0 bridgehead atoms. The van der Waals surface area contributed by atoms with E-state index >= 15 is 0 Å². The molecule has 1 fully saturated rings. The Hall–Kier alpha value is -3.00. The first-order valence-electron chi connectivity index (χ1n) is 9.62. The zero-order valence-electron chi connectivity index (χ0n) is 16.8. The molecule has 7 nitrogen and oxygen atoms in total. The fraction of sp³-hybridized carbons (Fsp3) is 0.381. The van der Waals surface area contributed by atoms with Crippen LogP contribution < -0.4 is 4.74 Å². The van der Waals surface area contributed by atoms with E-state index in [4.69, 9.17) is 4.74 Å². The number of nitrogens with one attached hydrogen (secondary N) is 1. The van der Waals surface area contributed by atoms with Crippen LogP contribution in [0.15, 0.2) is 24.4 Å². The van der Waals surface area contributed by atoms with Gasteiger partial charge in [0.15, 0.2) is 11.3 Å². The van der Waals surface area contributed by atoms with Crippen molar-refractivity contribution in [1.29, 1.82) is 0 Å². The number of halogens is 1. The van der Waals surface area contributed by atoms with Gasteiger partial charge in [-0.25, -0.2) is 9.37 Å². The van der Waals surface area contributed by atoms with Crippen molar-refractivity contribution in [3.8, 4) is 5.88 Å². The van der Waals surface area contributed by atoms with Gasteiger partial charge in [0.1, 0.15) is 11.3 Å². The van der Waals surface area contributed by atoms with Crippen LogP contribution in [0.3, 0.4) is 0 Å². The van der Waals surface area contributed by atoms with Crippen molar-refractivity contribution in [1.82, 2.24) is 24.8 Å². The monoisotopic (exact) mass is 397 g/mol. The van der Waals surface area contributed by atoms with Crippen LogP contribution in [0.2, 0.25) is 0 Å². The number of methoxy groups -OCH3 is 1. The van der Waals surface area contributed by atoms with Gasteiger partial charge in [0.05, 0.1) is 7.11 Å². The minimum absolute atomic E-state index is 0.170. The van der Waals surface area contributed by atoms with Gasteiger partial charge in [0.2, 0.25) is 5.88 Å². The molecular weight excluding hydrogens is 373 g/mol. The first-order valence-corrected chi connectivity index (χ1v) is 9.62. The highest BCUT2D eigenvalue weighted by Crippen LogP contribution is 2.21. The molecule has 1 aromatic carbocycles. The number of carbonyl (C=O) groups excluding carboxylic acids is 1. The average molecular weight is 397 g/mol. The summed E-state index contributed by atoms with van der Waals surface area (Å²) in [7, 11) is 1.49. The molecule has 4 rings (SSSR count). The predicted octanol–water partition coefficient (Wildman–Crippen LogP) is 2.68. The molecule has 0 atom stereocenters. The summed E-state index contributed by atoms with van der Waals surface area (Å²) in [6, 6.07) is 5.28. The van der Waals surface area contributed by atoms with Crippen molar-refractivity contribution in [3.63, 3.8) is 0 Å². The number of rotatable bonds is 4. The van der Waals surface area contributed by atoms with Gasteiger partial charge in [-0.2, -0.15) is 4.98 Å². The van der Waals surface area contributed by atoms with E-state index in [-0.39, 0.29) is 23.3 Å². The number of piperazine rings is 1. The molecule has 1 saturated heterocycles. The summed E-state index contributed by atoms with van der Waals surface area (Å²) in [6.07, 6.45) is 1.73. The number of aromatic nitrogens is 3. The van der Waals surface area contributed by atoms with Crippen molar-refractivity contribution in [2.45, 2.75) is 20.4 Å². The Morgan fingerprint density at radius 1 is 1.17 bits per heavy atom. The molecule has 0 aliphatic carbocycles. The molecule has 1 amide bonds. The van der Waals surface area contributed by atoms with Crippen LogP contribution in [0.4, 0.5) is 4.39 Å². The Kier molecular flexibility index (Phi) is 5.19. The lowest BCUT2D eigenvalue weighted by molar-refractivity contribution is 0.0618. The van der Waals surface area contributed by atoms with E-state index in [1.807, 2.05) is 13.0 Å². The summed E-state index contributed by atoms with van der Waals surface area (Å²) >= 11 is 0. The van der Waals surface area contributed by atoms with Crippen LogP contribution in [0, 0.1) is 19.7 Å². The van der Waals surface area contributed by atoms with Gasteiger partial charge in [-0.3, -0.25) is 9.69 Å². The Bertz CT molecular complexity index is 1060. The maximum atomic E-state index is 13.7. The predicted molar refractivity (Wildman–Crippen MR) is 107 cm³/mol. The molecule has 1 N–H and O–H groups in total. The van der Waals surface area contributed by atoms with Crippen LogP contribution in [-0.2, 0) is 6.54 Å². The van der Waals surface area contributed by atoms with Crippen LogP contribution in [-0.4, -0.2) is 63.9 Å². The van der Waals surface area contributed by atoms with E-state index < -0.39 is 0 Å². The molecule has 8 heteroatoms. The molecule has 3 aromatic rings. The highest BCUT2D eigenvalue weighted by Gasteiger charge is 2.27. The molecule has 0 spiro atoms. The number of hydrogen-bond donors (Lipinski definition) is 1. The number of fused-ring (bicyclic) bond motifs is 1. The van der Waals surface area contributed by atoms with Gasteiger partial charge in [-0.1, -0.05) is 6.07 Å². The normalized spacial score (nSPS) is 15.1. The van der Waals surface area contributed by atoms with Crippen LogP contribution in [0.5, 0.6) is 5.88 Å². The number of ether oxygens (including phenoxy) is 1. The zero-order chi connectivity index (χ0) is 20.5. The van der Waals surface area contributed by atoms with E-state index in [1.165, 1.54) is 7.11 Å². The lowest BCUT2D eigenvalue weighted by atomic mass is 10.0. The summed E-state index contributed by atoms with van der Waals surface area (Å²) in [4.78, 5) is 28.8. The van der Waals surface area contributed by atoms with E-state index in [2.05, 4.69) is 19.9 Å². The summed E-state index contributed by atoms with van der Waals surface area (Å²) in [5, 5.41) is 0. The largest absolute Gasteiger partial charge is 0.479 e. The van der Waals surface area contributed by atoms with E-state index in [1.54, 1.807) is 30.2 Å². The molecule has 1 aliphatic heterocycles. The zero-order valence-corrected chi connectivity index (χ0v) is 16.8. The number of benzene rings is 1. The number of hydrogen-bond acceptors (Lipinski definition) is 5. The molecular formula is C21H24FN5O2. The second-order valence-electron chi connectivity index (χ2n) is 7.39. The Labute approximate surface area is 168 Å². The highest BCUT2D eigenvalue weighted by molar-refractivity contribution is 5.96. The molecule has 0 unspecified atom stereocenters. The third-order valence-electron chi connectivity index (χ3n) is 5.42. The number of aryl methyl sites for hydroxylation is 2. The lowest BCUT2D eigenvalue weighted by Crippen LogP contribution is -2.48. The van der Waals surface area contributed by atoms with Gasteiger partial charge in [-0.15, -0.1) is 0 Å². The van der Waals surface area contributed by atoms with Gasteiger partial charge in [0.25, 0.3) is 5.91 Å². The third-order valence-corrected chi connectivity index (χ3v) is 5.42. The van der Waals surface area contributed by atoms with Gasteiger partial charge in [-0.05, 0) is 42.7 Å². The van der Waals surface area contributed by atoms with Crippen molar-refractivity contribution in [2.75, 3.05) is 33.3 Å². The third kappa shape index (κ3) is 3.80. The molecule has 2 aromatic heterocycles. The van der Waals surface area contributed by atoms with Gasteiger partial charge < -0.3 is 14.6 Å². The first-order chi connectivity index (χ1) is 14.0. The van der Waals surface area contributed by atoms with Gasteiger partial charge >= 0.3 is 0 Å². The molecule has 152 valence electrons. The number of aromatic amines is 1. The topological polar surface area (TPSA) is 74.3 Å². The second-order valence-corrected chi connectivity index (χ2v) is 7.39. The number of amides is 1. The minimum atomic E-state index is -0.175. The smallest absolute Gasteiger partial charge is 0.278 e. The summed E-state index contributed by atoms with van der Waals surface area (Å²) in [5.74, 6) is -0.119. The summed E-state index contributed by atoms with van der Waals surface area (Å²) in [6.45, 7) is 7.12. The van der Waals surface area contributed by atoms with Gasteiger partial charge in [0, 0.05) is 38.9 Å². The molecule has 1 aliphatic rings. The lowest BCUT2D eigenvalue weighted by Gasteiger charge is -2.35. The first kappa shape index (κ1) is 19.3. The standard InChI is InChI=1S/C21H24FN5O2/c1-13-11-16(22)14(2)10-15(13)12-26-6-8-27(9-7-26)21(28)18-20(29-3)25-19-17(24-18)4-5-23-19/h4-5,10-11H,6-9,12H2,1-3H3,(H,23,25). The maximum absolute atomic E-state index is 13.7. The average Bonchev–Trinajstić information content (AvgIpc) is 3.18. The van der Waals surface area contributed by atoms with E-state index in [0.717, 1.165) is 30.8 Å². The van der Waals surface area contributed by atoms with Crippen molar-refractivity contribution >= 4 is 17.1 Å². The van der Waals surface area contributed by atoms with Crippen LogP contribution in [0.25, 0.3) is 11.2 Å². The quantitative estimate of drug-likeness (QED) is 0.733. The van der Waals surface area contributed by atoms with Crippen molar-refractivity contribution in [3.05, 3.63) is 52.6 Å². The Morgan fingerprint density at radius 3 is 2.66 bits per heavy atom. The number of H-pyrrole nitrogens is 1. The highest BCUT2D eigenvalue weighted by atomic mass is 19.1. The van der Waals surface area contributed by atoms with Crippen molar-refractivity contribution in [2.24, 2.45) is 0 Å². The van der Waals surface area contributed by atoms with E-state index in [9.17, 15) is 9.18 Å². The number of carbonyl (C=O) groups is 1. The van der Waals surface area contributed by atoms with Crippen molar-refractivity contribution < 1.29 is 13.9 Å². The second kappa shape index (κ2) is 7.79. The molecule has 3 heterocycles. The Balaban J connectivity index is 1.44. The maximum Gasteiger partial charge on any atom is 0.278 e. The Morgan fingerprint density at radius 2 is 1.93 bits per heavy atom. The summed E-state index contributed by atoms with van der Waals surface area (Å²) in [5.41, 5.74) is 4.19. The minimum Gasteiger partial charge on any atom is -0.479 e. The SMILES string of the molecule is COc1nc2[nH]ccc2nc1C(=O)N1CCN(Cc2cc(C)c(F)cc2C)CC1. The fourth-order valence-electron chi connectivity index (χ4n) is 3.65. The molecule has 29 heavy (non-hydrogen) atoms. The molecule has 0 radical (unpaired) electrons. The summed E-state index contributed by atoms with van der Waals surface area (Å²) < 4.78 is 19.0. The molecule has 0 saturated carbocycles. The van der Waals surface area contributed by atoms with Crippen LogP contribution in [0.1, 0.15) is 27.2 Å².